The van der Waals surface area contributed by atoms with Gasteiger partial charge in [-0.1, -0.05) is 0 Å². The number of rotatable bonds is 1. The number of methoxy groups -OCH3 is 1. The van der Waals surface area contributed by atoms with Gasteiger partial charge in [-0.2, -0.15) is 0 Å². The fourth-order valence-electron chi connectivity index (χ4n) is 0.829. The molecule has 2 nitrogen and oxygen atoms in total. The van der Waals surface area contributed by atoms with Crippen molar-refractivity contribution >= 4 is 12.4 Å². The molecule has 1 atom stereocenters. The largest absolute Gasteiger partial charge is 0.380 e. The Kier molecular flexibility index (Phi) is 4.23. The van der Waals surface area contributed by atoms with E-state index >= 15 is 0 Å². The van der Waals surface area contributed by atoms with Gasteiger partial charge in [0.25, 0.3) is 0 Å². The fraction of sp³-hybridized carbons (Fsp3) is 1.00. The Labute approximate surface area is 56.0 Å². The summed E-state index contributed by atoms with van der Waals surface area (Å²) in [7, 11) is 1.76. The maximum absolute atomic E-state index is 5.05. The summed E-state index contributed by atoms with van der Waals surface area (Å²) in [5, 5.41) is 3.20. The van der Waals surface area contributed by atoms with Crippen LogP contribution < -0.4 is 5.32 Å². The van der Waals surface area contributed by atoms with Gasteiger partial charge < -0.3 is 10.1 Å². The molecule has 0 aromatic rings. The second-order valence-electron chi connectivity index (χ2n) is 1.85. The van der Waals surface area contributed by atoms with Crippen LogP contribution in [0.3, 0.4) is 0 Å². The van der Waals surface area contributed by atoms with Gasteiger partial charge in [0.2, 0.25) is 0 Å². The monoisotopic (exact) mass is 137 g/mol. The second kappa shape index (κ2) is 4.13. The summed E-state index contributed by atoms with van der Waals surface area (Å²) in [4.78, 5) is 0. The second-order valence-corrected chi connectivity index (χ2v) is 1.85. The van der Waals surface area contributed by atoms with E-state index in [1.807, 2.05) is 0 Å². The van der Waals surface area contributed by atoms with E-state index in [9.17, 15) is 0 Å². The third-order valence-corrected chi connectivity index (χ3v) is 1.35. The lowest BCUT2D eigenvalue weighted by Crippen LogP contribution is -2.14. The Morgan fingerprint density at radius 1 is 1.62 bits per heavy atom. The molecule has 0 saturated carbocycles. The summed E-state index contributed by atoms with van der Waals surface area (Å²) in [6, 6.07) is 0. The maximum atomic E-state index is 5.05. The average molecular weight is 138 g/mol. The standard InChI is InChI=1S/C5H11NO.ClH/c1-7-5-2-3-6-4-5;/h5-6H,2-4H2,1H3;1H/t5-;/m1./s1. The van der Waals surface area contributed by atoms with Crippen molar-refractivity contribution in [3.63, 3.8) is 0 Å². The first kappa shape index (κ1) is 8.21. The van der Waals surface area contributed by atoms with Crippen molar-refractivity contribution in [1.82, 2.24) is 5.32 Å². The lowest BCUT2D eigenvalue weighted by Gasteiger charge is -2.01. The van der Waals surface area contributed by atoms with Crippen molar-refractivity contribution in [1.29, 1.82) is 0 Å². The lowest BCUT2D eigenvalue weighted by molar-refractivity contribution is 0.119. The predicted molar refractivity (Wildman–Crippen MR) is 35.5 cm³/mol. The molecule has 0 aromatic heterocycles. The van der Waals surface area contributed by atoms with Gasteiger partial charge in [0.05, 0.1) is 6.10 Å². The van der Waals surface area contributed by atoms with Crippen molar-refractivity contribution in [2.75, 3.05) is 20.2 Å². The molecule has 0 amide bonds. The summed E-state index contributed by atoms with van der Waals surface area (Å²) in [5.41, 5.74) is 0. The summed E-state index contributed by atoms with van der Waals surface area (Å²) in [6.07, 6.45) is 1.66. The van der Waals surface area contributed by atoms with E-state index in [0.717, 1.165) is 13.1 Å². The van der Waals surface area contributed by atoms with E-state index < -0.39 is 0 Å². The Bertz CT molecular complexity index is 54.4. The Morgan fingerprint density at radius 2 is 2.38 bits per heavy atom. The third-order valence-electron chi connectivity index (χ3n) is 1.35. The van der Waals surface area contributed by atoms with Gasteiger partial charge in [0.15, 0.2) is 0 Å². The van der Waals surface area contributed by atoms with E-state index in [1.54, 1.807) is 7.11 Å². The molecule has 0 bridgehead atoms. The first-order valence-corrected chi connectivity index (χ1v) is 2.67. The molecular formula is C5H12ClNO. The Morgan fingerprint density at radius 3 is 2.62 bits per heavy atom. The highest BCUT2D eigenvalue weighted by Gasteiger charge is 2.11. The minimum Gasteiger partial charge on any atom is -0.380 e. The molecule has 0 unspecified atom stereocenters. The van der Waals surface area contributed by atoms with Gasteiger partial charge >= 0.3 is 0 Å². The number of hydrogen-bond acceptors (Lipinski definition) is 2. The zero-order chi connectivity index (χ0) is 5.11. The highest BCUT2D eigenvalue weighted by atomic mass is 35.5. The molecule has 0 spiro atoms. The van der Waals surface area contributed by atoms with E-state index in [0.29, 0.717) is 6.10 Å². The molecule has 1 N–H and O–H groups in total. The maximum Gasteiger partial charge on any atom is 0.0707 e. The van der Waals surface area contributed by atoms with Crippen LogP contribution in [-0.2, 0) is 4.74 Å². The molecule has 0 aromatic carbocycles. The first-order chi connectivity index (χ1) is 3.43. The van der Waals surface area contributed by atoms with Crippen LogP contribution in [0.15, 0.2) is 0 Å². The van der Waals surface area contributed by atoms with Crippen LogP contribution >= 0.6 is 12.4 Å². The quantitative estimate of drug-likeness (QED) is 0.566. The van der Waals surface area contributed by atoms with Crippen LogP contribution in [0, 0.1) is 0 Å². The summed E-state index contributed by atoms with van der Waals surface area (Å²) >= 11 is 0. The molecule has 1 fully saturated rings. The molecule has 3 heteroatoms. The SMILES string of the molecule is CO[C@@H]1CCNC1.Cl. The summed E-state index contributed by atoms with van der Waals surface area (Å²) < 4.78 is 5.05. The third kappa shape index (κ3) is 1.99. The molecule has 1 saturated heterocycles. The van der Waals surface area contributed by atoms with E-state index in [4.69, 9.17) is 4.74 Å². The molecule has 0 aliphatic carbocycles. The fourth-order valence-corrected chi connectivity index (χ4v) is 0.829. The summed E-state index contributed by atoms with van der Waals surface area (Å²) in [5.74, 6) is 0. The molecule has 1 rings (SSSR count). The van der Waals surface area contributed by atoms with Crippen molar-refractivity contribution in [2.45, 2.75) is 12.5 Å². The van der Waals surface area contributed by atoms with Crippen LogP contribution in [0.2, 0.25) is 0 Å². The Balaban J connectivity index is 0.000000490. The van der Waals surface area contributed by atoms with E-state index in [-0.39, 0.29) is 12.4 Å². The van der Waals surface area contributed by atoms with Crippen molar-refractivity contribution < 1.29 is 4.74 Å². The van der Waals surface area contributed by atoms with Crippen LogP contribution in [0.25, 0.3) is 0 Å². The number of hydrogen-bond donors (Lipinski definition) is 1. The molecule has 1 heterocycles. The zero-order valence-electron chi connectivity index (χ0n) is 5.02. The van der Waals surface area contributed by atoms with Crippen LogP contribution in [-0.4, -0.2) is 26.3 Å². The number of ether oxygens (including phenoxy) is 1. The van der Waals surface area contributed by atoms with Gasteiger partial charge in [-0.25, -0.2) is 0 Å². The van der Waals surface area contributed by atoms with Gasteiger partial charge in [-0.15, -0.1) is 12.4 Å². The van der Waals surface area contributed by atoms with Crippen molar-refractivity contribution in [3.8, 4) is 0 Å². The average Bonchev–Trinajstić information content (AvgIpc) is 2.14. The Hall–Kier alpha value is 0.210. The first-order valence-electron chi connectivity index (χ1n) is 2.67. The van der Waals surface area contributed by atoms with Crippen LogP contribution in [0.1, 0.15) is 6.42 Å². The van der Waals surface area contributed by atoms with Gasteiger partial charge in [0.1, 0.15) is 0 Å². The van der Waals surface area contributed by atoms with Gasteiger partial charge in [-0.3, -0.25) is 0 Å². The minimum atomic E-state index is 0. The minimum absolute atomic E-state index is 0. The van der Waals surface area contributed by atoms with Crippen molar-refractivity contribution in [2.24, 2.45) is 0 Å². The molecule has 0 radical (unpaired) electrons. The number of nitrogens with one attached hydrogen (secondary N) is 1. The topological polar surface area (TPSA) is 21.3 Å². The predicted octanol–water partition coefficient (Wildman–Crippen LogP) is 0.416. The van der Waals surface area contributed by atoms with Crippen LogP contribution in [0.5, 0.6) is 0 Å². The molecule has 50 valence electrons. The smallest absolute Gasteiger partial charge is 0.0707 e. The molecule has 1 aliphatic rings. The van der Waals surface area contributed by atoms with E-state index in [1.165, 1.54) is 6.42 Å². The highest BCUT2D eigenvalue weighted by molar-refractivity contribution is 5.85. The lowest BCUT2D eigenvalue weighted by atomic mass is 10.3. The zero-order valence-corrected chi connectivity index (χ0v) is 5.83. The normalized spacial score (nSPS) is 27.4. The van der Waals surface area contributed by atoms with E-state index in [2.05, 4.69) is 5.32 Å². The number of halogens is 1. The van der Waals surface area contributed by atoms with Crippen molar-refractivity contribution in [3.05, 3.63) is 0 Å². The van der Waals surface area contributed by atoms with Gasteiger partial charge in [0, 0.05) is 13.7 Å². The molecular weight excluding hydrogens is 126 g/mol. The molecule has 8 heavy (non-hydrogen) atoms. The van der Waals surface area contributed by atoms with Crippen LogP contribution in [0.4, 0.5) is 0 Å². The summed E-state index contributed by atoms with van der Waals surface area (Å²) in [6.45, 7) is 2.16. The molecule has 1 aliphatic heterocycles. The van der Waals surface area contributed by atoms with Gasteiger partial charge in [-0.05, 0) is 13.0 Å². The highest BCUT2D eigenvalue weighted by Crippen LogP contribution is 1.99.